The predicted octanol–water partition coefficient (Wildman–Crippen LogP) is 4.08. The first kappa shape index (κ1) is 11.1. The Balaban J connectivity index is 0.000000980. The van der Waals surface area contributed by atoms with Crippen LogP contribution in [0.3, 0.4) is 0 Å². The van der Waals surface area contributed by atoms with Crippen LogP contribution in [0.4, 0.5) is 0 Å². The van der Waals surface area contributed by atoms with Crippen molar-refractivity contribution in [1.29, 1.82) is 0 Å². The maximum atomic E-state index is 9.66. The maximum Gasteiger partial charge on any atom is 0.119 e. The van der Waals surface area contributed by atoms with Crippen molar-refractivity contribution in [3.05, 3.63) is 29.8 Å². The lowest BCUT2D eigenvalue weighted by molar-refractivity contribution is 0.414. The van der Waals surface area contributed by atoms with E-state index in [0.29, 0.717) is 11.7 Å². The van der Waals surface area contributed by atoms with Crippen molar-refractivity contribution >= 4 is 0 Å². The molecule has 1 saturated carbocycles. The maximum absolute atomic E-state index is 9.66. The first-order valence-electron chi connectivity index (χ1n) is 5.16. The number of benzene rings is 1. The Kier molecular flexibility index (Phi) is 3.99. The van der Waals surface area contributed by atoms with Crippen LogP contribution in [-0.4, -0.2) is 5.11 Å². The summed E-state index contributed by atoms with van der Waals surface area (Å²) in [5.41, 5.74) is 1.15. The van der Waals surface area contributed by atoms with Crippen molar-refractivity contribution in [2.75, 3.05) is 0 Å². The summed E-state index contributed by atoms with van der Waals surface area (Å²) in [6, 6.07) is 7.76. The fourth-order valence-electron chi connectivity index (χ4n) is 2.25. The standard InChI is InChI=1S/C12H16O.CH4/c13-12-9-5-4-8-11(12)10-6-2-1-3-7-10;/h4-5,8-10,13H,1-3,6-7H2;1H4. The molecule has 1 aromatic rings. The Morgan fingerprint density at radius 1 is 1.00 bits per heavy atom. The van der Waals surface area contributed by atoms with Crippen LogP contribution in [0.1, 0.15) is 51.0 Å². The van der Waals surface area contributed by atoms with Gasteiger partial charge in [-0.3, -0.25) is 0 Å². The molecule has 1 aliphatic carbocycles. The van der Waals surface area contributed by atoms with Gasteiger partial charge in [0.15, 0.2) is 0 Å². The molecule has 2 rings (SSSR count). The van der Waals surface area contributed by atoms with Crippen LogP contribution in [-0.2, 0) is 0 Å². The molecule has 1 N–H and O–H groups in total. The summed E-state index contributed by atoms with van der Waals surface area (Å²) in [7, 11) is 0. The molecule has 0 saturated heterocycles. The van der Waals surface area contributed by atoms with E-state index in [1.54, 1.807) is 6.07 Å². The monoisotopic (exact) mass is 192 g/mol. The highest BCUT2D eigenvalue weighted by Crippen LogP contribution is 2.36. The van der Waals surface area contributed by atoms with Crippen LogP contribution < -0.4 is 0 Å². The molecule has 0 spiro atoms. The first-order chi connectivity index (χ1) is 6.38. The molecule has 0 radical (unpaired) electrons. The number of para-hydroxylation sites is 1. The average Bonchev–Trinajstić information content (AvgIpc) is 2.20. The molecule has 14 heavy (non-hydrogen) atoms. The summed E-state index contributed by atoms with van der Waals surface area (Å²) in [6.45, 7) is 0. The Morgan fingerprint density at radius 3 is 2.29 bits per heavy atom. The van der Waals surface area contributed by atoms with Gasteiger partial charge in [-0.25, -0.2) is 0 Å². The molecule has 0 heterocycles. The van der Waals surface area contributed by atoms with Gasteiger partial charge in [0.2, 0.25) is 0 Å². The van der Waals surface area contributed by atoms with Crippen molar-refractivity contribution in [3.63, 3.8) is 0 Å². The number of hydrogen-bond acceptors (Lipinski definition) is 1. The molecule has 0 unspecified atom stereocenters. The van der Waals surface area contributed by atoms with Gasteiger partial charge in [-0.15, -0.1) is 0 Å². The van der Waals surface area contributed by atoms with Gasteiger partial charge >= 0.3 is 0 Å². The second kappa shape index (κ2) is 5.04. The second-order valence-corrected chi connectivity index (χ2v) is 3.89. The van der Waals surface area contributed by atoms with Crippen LogP contribution in [0.15, 0.2) is 24.3 Å². The van der Waals surface area contributed by atoms with E-state index >= 15 is 0 Å². The number of aromatic hydroxyl groups is 1. The molecule has 1 heteroatoms. The fraction of sp³-hybridized carbons (Fsp3) is 0.538. The Labute approximate surface area is 86.8 Å². The third-order valence-electron chi connectivity index (χ3n) is 2.98. The van der Waals surface area contributed by atoms with E-state index in [1.807, 2.05) is 12.1 Å². The molecule has 1 fully saturated rings. The van der Waals surface area contributed by atoms with E-state index in [2.05, 4.69) is 6.07 Å². The lowest BCUT2D eigenvalue weighted by Crippen LogP contribution is -2.04. The molecular weight excluding hydrogens is 172 g/mol. The van der Waals surface area contributed by atoms with Gasteiger partial charge in [-0.1, -0.05) is 44.9 Å². The quantitative estimate of drug-likeness (QED) is 0.711. The molecule has 1 nitrogen and oxygen atoms in total. The SMILES string of the molecule is C.Oc1ccccc1C1CCCCC1. The Bertz CT molecular complexity index is 274. The fourth-order valence-corrected chi connectivity index (χ4v) is 2.25. The highest BCUT2D eigenvalue weighted by molar-refractivity contribution is 5.34. The van der Waals surface area contributed by atoms with Gasteiger partial charge in [-0.05, 0) is 30.4 Å². The molecule has 1 aromatic carbocycles. The summed E-state index contributed by atoms with van der Waals surface area (Å²) in [6.07, 6.45) is 6.50. The molecule has 0 amide bonds. The topological polar surface area (TPSA) is 20.2 Å². The van der Waals surface area contributed by atoms with Crippen LogP contribution >= 0.6 is 0 Å². The van der Waals surface area contributed by atoms with E-state index in [1.165, 1.54) is 32.1 Å². The number of phenolic OH excluding ortho intramolecular Hbond substituents is 1. The van der Waals surface area contributed by atoms with E-state index in [-0.39, 0.29) is 7.43 Å². The Hall–Kier alpha value is -0.980. The Morgan fingerprint density at radius 2 is 1.64 bits per heavy atom. The third-order valence-corrected chi connectivity index (χ3v) is 2.98. The summed E-state index contributed by atoms with van der Waals surface area (Å²) >= 11 is 0. The number of hydrogen-bond donors (Lipinski definition) is 1. The van der Waals surface area contributed by atoms with Crippen molar-refractivity contribution in [2.45, 2.75) is 45.4 Å². The van der Waals surface area contributed by atoms with Crippen molar-refractivity contribution < 1.29 is 5.11 Å². The summed E-state index contributed by atoms with van der Waals surface area (Å²) in [5.74, 6) is 1.09. The molecule has 1 aliphatic rings. The predicted molar refractivity (Wildman–Crippen MR) is 60.7 cm³/mol. The van der Waals surface area contributed by atoms with Crippen LogP contribution in [0.5, 0.6) is 5.75 Å². The van der Waals surface area contributed by atoms with Gasteiger partial charge < -0.3 is 5.11 Å². The molecule has 0 atom stereocenters. The zero-order chi connectivity index (χ0) is 9.10. The van der Waals surface area contributed by atoms with Crippen LogP contribution in [0.2, 0.25) is 0 Å². The van der Waals surface area contributed by atoms with Gasteiger partial charge in [-0.2, -0.15) is 0 Å². The summed E-state index contributed by atoms with van der Waals surface area (Å²) < 4.78 is 0. The molecule has 0 aromatic heterocycles. The minimum atomic E-state index is 0. The van der Waals surface area contributed by atoms with E-state index in [4.69, 9.17) is 0 Å². The summed E-state index contributed by atoms with van der Waals surface area (Å²) in [5, 5.41) is 9.66. The third kappa shape index (κ3) is 2.28. The molecule has 0 bridgehead atoms. The number of rotatable bonds is 1. The molecular formula is C13H20O. The smallest absolute Gasteiger partial charge is 0.119 e. The van der Waals surface area contributed by atoms with E-state index < -0.39 is 0 Å². The highest BCUT2D eigenvalue weighted by atomic mass is 16.3. The average molecular weight is 192 g/mol. The second-order valence-electron chi connectivity index (χ2n) is 3.89. The largest absolute Gasteiger partial charge is 0.508 e. The number of phenols is 1. The van der Waals surface area contributed by atoms with Gasteiger partial charge in [0.05, 0.1) is 0 Å². The van der Waals surface area contributed by atoms with Gasteiger partial charge in [0, 0.05) is 0 Å². The van der Waals surface area contributed by atoms with Gasteiger partial charge in [0.25, 0.3) is 0 Å². The van der Waals surface area contributed by atoms with Crippen molar-refractivity contribution in [1.82, 2.24) is 0 Å². The highest BCUT2D eigenvalue weighted by Gasteiger charge is 2.17. The van der Waals surface area contributed by atoms with Crippen LogP contribution in [0.25, 0.3) is 0 Å². The molecule has 78 valence electrons. The first-order valence-corrected chi connectivity index (χ1v) is 5.16. The zero-order valence-electron chi connectivity index (χ0n) is 7.87. The lowest BCUT2D eigenvalue weighted by Gasteiger charge is -2.22. The lowest BCUT2D eigenvalue weighted by atomic mass is 9.84. The van der Waals surface area contributed by atoms with Crippen molar-refractivity contribution in [2.24, 2.45) is 0 Å². The van der Waals surface area contributed by atoms with E-state index in [9.17, 15) is 5.11 Å². The minimum absolute atomic E-state index is 0. The minimum Gasteiger partial charge on any atom is -0.508 e. The zero-order valence-corrected chi connectivity index (χ0v) is 7.87. The normalized spacial score (nSPS) is 17.4. The van der Waals surface area contributed by atoms with Gasteiger partial charge in [0.1, 0.15) is 5.75 Å². The molecule has 0 aliphatic heterocycles. The summed E-state index contributed by atoms with van der Waals surface area (Å²) in [4.78, 5) is 0. The van der Waals surface area contributed by atoms with Crippen LogP contribution in [0, 0.1) is 0 Å². The van der Waals surface area contributed by atoms with E-state index in [0.717, 1.165) is 5.56 Å². The van der Waals surface area contributed by atoms with Crippen molar-refractivity contribution in [3.8, 4) is 5.75 Å².